The topological polar surface area (TPSA) is 35.0 Å². The number of aryl methyl sites for hydroxylation is 1. The van der Waals surface area contributed by atoms with Gasteiger partial charge in [0.2, 0.25) is 5.15 Å². The van der Waals surface area contributed by atoms with Gasteiger partial charge in [-0.25, -0.2) is 0 Å². The molecule has 15 heavy (non-hydrogen) atoms. The Morgan fingerprint density at radius 2 is 2.07 bits per heavy atom. The van der Waals surface area contributed by atoms with E-state index in [1.165, 1.54) is 0 Å². The van der Waals surface area contributed by atoms with Crippen molar-refractivity contribution in [1.82, 2.24) is 8.75 Å². The van der Waals surface area contributed by atoms with Crippen molar-refractivity contribution in [2.75, 3.05) is 0 Å². The number of nitrogens with zero attached hydrogens (tertiary/aromatic N) is 2. The summed E-state index contributed by atoms with van der Waals surface area (Å²) in [6.07, 6.45) is 0. The van der Waals surface area contributed by atoms with Crippen molar-refractivity contribution in [2.24, 2.45) is 0 Å². The molecule has 2 aromatic rings. The van der Waals surface area contributed by atoms with Crippen LogP contribution in [-0.4, -0.2) is 8.75 Å². The van der Waals surface area contributed by atoms with E-state index in [1.807, 2.05) is 13.0 Å². The second-order valence-corrected chi connectivity index (χ2v) is 4.17. The SMILES string of the molecule is Cc1cc(Oc2nsnc2Cl)ccc1Cl. The van der Waals surface area contributed by atoms with Gasteiger partial charge in [-0.05, 0) is 30.7 Å². The molecule has 0 aliphatic rings. The average molecular weight is 261 g/mol. The molecule has 2 rings (SSSR count). The van der Waals surface area contributed by atoms with Crippen LogP contribution in [-0.2, 0) is 0 Å². The van der Waals surface area contributed by atoms with E-state index in [0.717, 1.165) is 17.3 Å². The minimum absolute atomic E-state index is 0.271. The highest BCUT2D eigenvalue weighted by Gasteiger charge is 2.08. The molecule has 0 amide bonds. The molecule has 0 saturated carbocycles. The first-order valence-electron chi connectivity index (χ1n) is 4.09. The minimum atomic E-state index is 0.271. The van der Waals surface area contributed by atoms with Gasteiger partial charge >= 0.3 is 0 Å². The van der Waals surface area contributed by atoms with Crippen molar-refractivity contribution in [1.29, 1.82) is 0 Å². The quantitative estimate of drug-likeness (QED) is 0.821. The van der Waals surface area contributed by atoms with Gasteiger partial charge in [0.15, 0.2) is 0 Å². The normalized spacial score (nSPS) is 10.3. The van der Waals surface area contributed by atoms with Gasteiger partial charge in [0.25, 0.3) is 5.88 Å². The highest BCUT2D eigenvalue weighted by molar-refractivity contribution is 6.99. The summed E-state index contributed by atoms with van der Waals surface area (Å²) >= 11 is 12.6. The van der Waals surface area contributed by atoms with E-state index in [4.69, 9.17) is 27.9 Å². The van der Waals surface area contributed by atoms with Gasteiger partial charge < -0.3 is 4.74 Å². The summed E-state index contributed by atoms with van der Waals surface area (Å²) in [6.45, 7) is 1.90. The first-order valence-corrected chi connectivity index (χ1v) is 5.57. The first kappa shape index (κ1) is 10.7. The molecule has 0 spiro atoms. The number of ether oxygens (including phenoxy) is 1. The smallest absolute Gasteiger partial charge is 0.270 e. The fraction of sp³-hybridized carbons (Fsp3) is 0.111. The Bertz CT molecular complexity index is 487. The second kappa shape index (κ2) is 4.35. The molecule has 3 nitrogen and oxygen atoms in total. The maximum Gasteiger partial charge on any atom is 0.270 e. The van der Waals surface area contributed by atoms with Crippen LogP contribution in [0.5, 0.6) is 11.6 Å². The Hall–Kier alpha value is -0.840. The largest absolute Gasteiger partial charge is 0.436 e. The van der Waals surface area contributed by atoms with E-state index in [1.54, 1.807) is 12.1 Å². The summed E-state index contributed by atoms with van der Waals surface area (Å²) in [5.41, 5.74) is 0.938. The molecule has 0 bridgehead atoms. The molecule has 0 radical (unpaired) electrons. The standard InChI is InChI=1S/C9H6Cl2N2OS/c1-5-4-6(2-3-7(5)10)14-9-8(11)12-15-13-9/h2-4H,1H3. The highest BCUT2D eigenvalue weighted by atomic mass is 35.5. The average Bonchev–Trinajstić information content (AvgIpc) is 2.59. The van der Waals surface area contributed by atoms with Crippen LogP contribution in [0.1, 0.15) is 5.56 Å². The molecule has 0 aliphatic heterocycles. The number of rotatable bonds is 2. The molecule has 78 valence electrons. The van der Waals surface area contributed by atoms with Crippen LogP contribution in [0.2, 0.25) is 10.2 Å². The third-order valence-electron chi connectivity index (χ3n) is 1.77. The molecule has 0 atom stereocenters. The lowest BCUT2D eigenvalue weighted by molar-refractivity contribution is 0.467. The van der Waals surface area contributed by atoms with E-state index in [0.29, 0.717) is 16.7 Å². The van der Waals surface area contributed by atoms with Crippen LogP contribution >= 0.6 is 34.9 Å². The summed E-state index contributed by atoms with van der Waals surface area (Å²) in [5.74, 6) is 0.967. The van der Waals surface area contributed by atoms with Crippen LogP contribution in [0.15, 0.2) is 18.2 Å². The molecule has 1 heterocycles. The maximum absolute atomic E-state index is 5.89. The van der Waals surface area contributed by atoms with E-state index in [9.17, 15) is 0 Å². The van der Waals surface area contributed by atoms with Crippen LogP contribution in [0.3, 0.4) is 0 Å². The lowest BCUT2D eigenvalue weighted by Crippen LogP contribution is -1.85. The number of aromatic nitrogens is 2. The summed E-state index contributed by atoms with van der Waals surface area (Å²) in [5, 5.41) is 0.970. The van der Waals surface area contributed by atoms with Gasteiger partial charge in [-0.15, -0.1) is 4.37 Å². The van der Waals surface area contributed by atoms with Crippen LogP contribution in [0.25, 0.3) is 0 Å². The van der Waals surface area contributed by atoms with E-state index < -0.39 is 0 Å². The minimum Gasteiger partial charge on any atom is -0.436 e. The summed E-state index contributed by atoms with van der Waals surface area (Å²) in [7, 11) is 0. The maximum atomic E-state index is 5.89. The van der Waals surface area contributed by atoms with Crippen molar-refractivity contribution in [3.05, 3.63) is 33.9 Å². The van der Waals surface area contributed by atoms with Gasteiger partial charge in [0.1, 0.15) is 5.75 Å². The van der Waals surface area contributed by atoms with Crippen molar-refractivity contribution in [3.63, 3.8) is 0 Å². The molecule has 0 N–H and O–H groups in total. The van der Waals surface area contributed by atoms with E-state index in [2.05, 4.69) is 8.75 Å². The van der Waals surface area contributed by atoms with Crippen LogP contribution in [0, 0.1) is 6.92 Å². The van der Waals surface area contributed by atoms with Crippen molar-refractivity contribution >= 4 is 34.9 Å². The van der Waals surface area contributed by atoms with Gasteiger partial charge in [-0.3, -0.25) is 0 Å². The zero-order valence-electron chi connectivity index (χ0n) is 7.70. The highest BCUT2D eigenvalue weighted by Crippen LogP contribution is 2.29. The number of hydrogen-bond acceptors (Lipinski definition) is 4. The van der Waals surface area contributed by atoms with Gasteiger partial charge in [0, 0.05) is 5.02 Å². The predicted molar refractivity (Wildman–Crippen MR) is 61.2 cm³/mol. The Morgan fingerprint density at radius 1 is 1.27 bits per heavy atom. The lowest BCUT2D eigenvalue weighted by atomic mass is 10.2. The van der Waals surface area contributed by atoms with Gasteiger partial charge in [-0.2, -0.15) is 4.37 Å². The molecule has 0 fully saturated rings. The van der Waals surface area contributed by atoms with Gasteiger partial charge in [-0.1, -0.05) is 23.2 Å². The molecule has 0 saturated heterocycles. The monoisotopic (exact) mass is 260 g/mol. The molecule has 1 aromatic heterocycles. The van der Waals surface area contributed by atoms with Crippen molar-refractivity contribution in [3.8, 4) is 11.6 Å². The lowest BCUT2D eigenvalue weighted by Gasteiger charge is -2.03. The van der Waals surface area contributed by atoms with Crippen LogP contribution < -0.4 is 4.74 Å². The molecule has 6 heteroatoms. The number of halogens is 2. The zero-order chi connectivity index (χ0) is 10.8. The van der Waals surface area contributed by atoms with Crippen molar-refractivity contribution < 1.29 is 4.74 Å². The van der Waals surface area contributed by atoms with Gasteiger partial charge in [0.05, 0.1) is 11.7 Å². The number of benzene rings is 1. The third-order valence-corrected chi connectivity index (χ3v) is 3.05. The Labute approximate surface area is 101 Å². The summed E-state index contributed by atoms with van der Waals surface area (Å²) in [4.78, 5) is 0. The first-order chi connectivity index (χ1) is 7.16. The molecular weight excluding hydrogens is 255 g/mol. The second-order valence-electron chi connectivity index (χ2n) is 2.87. The zero-order valence-corrected chi connectivity index (χ0v) is 10.0. The Morgan fingerprint density at radius 3 is 2.67 bits per heavy atom. The Balaban J connectivity index is 2.25. The van der Waals surface area contributed by atoms with Crippen LogP contribution in [0.4, 0.5) is 0 Å². The van der Waals surface area contributed by atoms with Crippen molar-refractivity contribution in [2.45, 2.75) is 6.92 Å². The molecule has 0 aliphatic carbocycles. The molecule has 1 aromatic carbocycles. The molecular formula is C9H6Cl2N2OS. The van der Waals surface area contributed by atoms with E-state index >= 15 is 0 Å². The summed E-state index contributed by atoms with van der Waals surface area (Å²) < 4.78 is 13.1. The third kappa shape index (κ3) is 2.40. The number of hydrogen-bond donors (Lipinski definition) is 0. The van der Waals surface area contributed by atoms with E-state index in [-0.39, 0.29) is 5.15 Å². The predicted octanol–water partition coefficient (Wildman–Crippen LogP) is 3.95. The Kier molecular flexibility index (Phi) is 3.09. The fourth-order valence-electron chi connectivity index (χ4n) is 1.02. The summed E-state index contributed by atoms with van der Waals surface area (Å²) in [6, 6.07) is 5.34. The fourth-order valence-corrected chi connectivity index (χ4v) is 1.75. The molecule has 0 unspecified atom stereocenters.